The summed E-state index contributed by atoms with van der Waals surface area (Å²) in [7, 11) is -0.927. The zero-order valence-electron chi connectivity index (χ0n) is 29.4. The largest absolute Gasteiger partial charge is 0.407 e. The Bertz CT molecular complexity index is 1110. The number of hydrogen-bond acceptors (Lipinski definition) is 8. The van der Waals surface area contributed by atoms with Gasteiger partial charge >= 0.3 is 0 Å². The number of rotatable bonds is 16. The molecular weight excluding hydrogens is 633 g/mol. The van der Waals surface area contributed by atoms with Gasteiger partial charge in [0.15, 0.2) is 5.79 Å². The minimum Gasteiger partial charge on any atom is -0.407 e. The number of ether oxygens (including phenoxy) is 5. The molecule has 2 heterocycles. The van der Waals surface area contributed by atoms with Crippen LogP contribution in [0.1, 0.15) is 74.1 Å². The van der Waals surface area contributed by atoms with E-state index in [1.165, 1.54) is 28.3 Å². The van der Waals surface area contributed by atoms with Crippen LogP contribution in [-0.4, -0.2) is 82.2 Å². The van der Waals surface area contributed by atoms with E-state index in [1.54, 1.807) is 7.11 Å². The molecule has 2 saturated heterocycles. The van der Waals surface area contributed by atoms with Crippen LogP contribution in [0.2, 0.25) is 5.04 Å². The van der Waals surface area contributed by atoms with Crippen LogP contribution in [0.4, 0.5) is 0 Å². The highest BCUT2D eigenvalue weighted by atomic mass is 32.2. The van der Waals surface area contributed by atoms with Crippen molar-refractivity contribution in [3.8, 4) is 0 Å². The summed E-state index contributed by atoms with van der Waals surface area (Å²) < 4.78 is 38.3. The molecule has 46 heavy (non-hydrogen) atoms. The molecule has 258 valence electrons. The van der Waals surface area contributed by atoms with Gasteiger partial charge in [-0.2, -0.15) is 0 Å². The highest BCUT2D eigenvalue weighted by Crippen LogP contribution is 2.47. The van der Waals surface area contributed by atoms with Gasteiger partial charge in [-0.05, 0) is 53.6 Å². The van der Waals surface area contributed by atoms with E-state index in [1.807, 2.05) is 13.8 Å². The van der Waals surface area contributed by atoms with Crippen LogP contribution in [0.15, 0.2) is 60.7 Å². The minimum absolute atomic E-state index is 0.00320. The maximum atomic E-state index is 7.23. The van der Waals surface area contributed by atoms with Crippen LogP contribution >= 0.6 is 23.5 Å². The van der Waals surface area contributed by atoms with Gasteiger partial charge in [-0.25, -0.2) is 0 Å². The van der Waals surface area contributed by atoms with E-state index in [0.717, 1.165) is 19.3 Å². The first kappa shape index (κ1) is 37.9. The van der Waals surface area contributed by atoms with Gasteiger partial charge in [-0.1, -0.05) is 95.3 Å². The van der Waals surface area contributed by atoms with Crippen molar-refractivity contribution in [1.82, 2.24) is 0 Å². The highest BCUT2D eigenvalue weighted by molar-refractivity contribution is 8.17. The molecule has 2 aliphatic heterocycles. The van der Waals surface area contributed by atoms with Crippen LogP contribution < -0.4 is 10.4 Å². The first-order valence-electron chi connectivity index (χ1n) is 16.9. The number of methoxy groups -OCH3 is 1. The third-order valence-electron chi connectivity index (χ3n) is 9.13. The van der Waals surface area contributed by atoms with E-state index in [2.05, 4.69) is 119 Å². The molecule has 2 aromatic carbocycles. The quantitative estimate of drug-likeness (QED) is 0.102. The van der Waals surface area contributed by atoms with Gasteiger partial charge in [0.2, 0.25) is 0 Å². The number of benzene rings is 2. The van der Waals surface area contributed by atoms with Crippen LogP contribution in [0.3, 0.4) is 0 Å². The fourth-order valence-electron chi connectivity index (χ4n) is 6.87. The number of thioether (sulfide) groups is 2. The molecule has 2 aliphatic rings. The van der Waals surface area contributed by atoms with Crippen molar-refractivity contribution in [2.75, 3.05) is 45.2 Å². The van der Waals surface area contributed by atoms with E-state index >= 15 is 0 Å². The predicted molar refractivity (Wildman–Crippen MR) is 196 cm³/mol. The lowest BCUT2D eigenvalue weighted by Gasteiger charge is -2.46. The first-order valence-corrected chi connectivity index (χ1v) is 20.9. The van der Waals surface area contributed by atoms with Crippen molar-refractivity contribution in [3.05, 3.63) is 60.7 Å². The van der Waals surface area contributed by atoms with Crippen LogP contribution in [0.5, 0.6) is 0 Å². The topological polar surface area (TPSA) is 55.4 Å². The fourth-order valence-corrected chi connectivity index (χ4v) is 14.8. The van der Waals surface area contributed by atoms with E-state index in [-0.39, 0.29) is 35.6 Å². The van der Waals surface area contributed by atoms with Crippen molar-refractivity contribution in [2.24, 2.45) is 5.41 Å². The molecule has 0 aliphatic carbocycles. The molecular formula is C37H58O6S2Si. The lowest BCUT2D eigenvalue weighted by atomic mass is 9.83. The summed E-state index contributed by atoms with van der Waals surface area (Å²) in [6.07, 6.45) is 3.66. The molecule has 2 aromatic rings. The summed E-state index contributed by atoms with van der Waals surface area (Å²) in [6.45, 7) is 17.7. The molecule has 0 N–H and O–H groups in total. The number of hydrogen-bond donors (Lipinski definition) is 0. The van der Waals surface area contributed by atoms with Crippen molar-refractivity contribution >= 4 is 42.2 Å². The van der Waals surface area contributed by atoms with Gasteiger partial charge in [0.1, 0.15) is 6.79 Å². The van der Waals surface area contributed by atoms with Crippen LogP contribution in [0.25, 0.3) is 0 Å². The normalized spacial score (nSPS) is 22.1. The maximum absolute atomic E-state index is 7.23. The van der Waals surface area contributed by atoms with Gasteiger partial charge in [0.05, 0.1) is 36.1 Å². The molecule has 0 radical (unpaired) electrons. The molecule has 0 spiro atoms. The Hall–Kier alpha value is -0.883. The van der Waals surface area contributed by atoms with Crippen molar-refractivity contribution < 1.29 is 28.1 Å². The van der Waals surface area contributed by atoms with Crippen molar-refractivity contribution in [2.45, 2.75) is 108 Å². The van der Waals surface area contributed by atoms with E-state index < -0.39 is 14.1 Å². The Balaban J connectivity index is 1.49. The molecule has 0 saturated carbocycles. The fraction of sp³-hybridized carbons (Fsp3) is 0.676. The molecule has 3 atom stereocenters. The third kappa shape index (κ3) is 9.85. The average molecular weight is 691 g/mol. The molecule has 0 unspecified atom stereocenters. The standard InChI is InChI=1S/C37H58O6S2Si/c1-35(2,3)46(31-16-11-9-12-17-31,32-18-13-10-14-19-32)41-21-20-29-26-30(43-37(6,7)42-29)27-33(40-28-39-23-22-38-8)36(4,5)34-44-24-15-25-45-34/h9-14,16-19,29-30,33-34H,15,20-28H2,1-8H3/t29-,30-,33+/m1/s1. The molecule has 6 nitrogen and oxygen atoms in total. The second-order valence-electron chi connectivity index (χ2n) is 14.6. The molecule has 4 rings (SSSR count). The van der Waals surface area contributed by atoms with E-state index in [0.29, 0.717) is 24.4 Å². The zero-order chi connectivity index (χ0) is 33.3. The average Bonchev–Trinajstić information content (AvgIpc) is 3.02. The zero-order valence-corrected chi connectivity index (χ0v) is 32.1. The smallest absolute Gasteiger partial charge is 0.261 e. The Kier molecular flexibility index (Phi) is 14.2. The first-order chi connectivity index (χ1) is 21.9. The maximum Gasteiger partial charge on any atom is 0.261 e. The second kappa shape index (κ2) is 17.2. The molecule has 2 fully saturated rings. The Labute approximate surface area is 288 Å². The highest BCUT2D eigenvalue weighted by Gasteiger charge is 2.50. The minimum atomic E-state index is -2.62. The van der Waals surface area contributed by atoms with Gasteiger partial charge in [0, 0.05) is 32.0 Å². The van der Waals surface area contributed by atoms with E-state index in [4.69, 9.17) is 28.1 Å². The monoisotopic (exact) mass is 690 g/mol. The summed E-state index contributed by atoms with van der Waals surface area (Å²) in [5.41, 5.74) is -0.0614. The van der Waals surface area contributed by atoms with Gasteiger partial charge in [-0.3, -0.25) is 0 Å². The molecule has 9 heteroatoms. The summed E-state index contributed by atoms with van der Waals surface area (Å²) >= 11 is 4.13. The van der Waals surface area contributed by atoms with Crippen molar-refractivity contribution in [1.29, 1.82) is 0 Å². The van der Waals surface area contributed by atoms with Crippen LogP contribution in [-0.2, 0) is 28.1 Å². The Morgan fingerprint density at radius 1 is 0.848 bits per heavy atom. The Morgan fingerprint density at radius 2 is 1.43 bits per heavy atom. The van der Waals surface area contributed by atoms with E-state index in [9.17, 15) is 0 Å². The molecule has 0 aromatic heterocycles. The van der Waals surface area contributed by atoms with Gasteiger partial charge < -0.3 is 28.1 Å². The second-order valence-corrected chi connectivity index (χ2v) is 21.6. The summed E-state index contributed by atoms with van der Waals surface area (Å²) in [4.78, 5) is 0. The molecule has 0 amide bonds. The van der Waals surface area contributed by atoms with Gasteiger partial charge in [-0.15, -0.1) is 23.5 Å². The molecule has 0 bridgehead atoms. The lowest BCUT2D eigenvalue weighted by molar-refractivity contribution is -0.306. The Morgan fingerprint density at radius 3 is 2.00 bits per heavy atom. The SMILES string of the molecule is COCCOCO[C@@H](C[C@H]1C[C@@H](CCO[Si](c2ccccc2)(c2ccccc2)C(C)(C)C)OC(C)(C)O1)C(C)(C)C1SCCCS1. The van der Waals surface area contributed by atoms with Gasteiger partial charge in [0.25, 0.3) is 8.32 Å². The summed E-state index contributed by atoms with van der Waals surface area (Å²) in [6, 6.07) is 21.7. The van der Waals surface area contributed by atoms with Crippen LogP contribution in [0, 0.1) is 5.41 Å². The third-order valence-corrected chi connectivity index (χ3v) is 17.9. The van der Waals surface area contributed by atoms with Crippen molar-refractivity contribution in [3.63, 3.8) is 0 Å². The summed E-state index contributed by atoms with van der Waals surface area (Å²) in [5, 5.41) is 2.53. The predicted octanol–water partition coefficient (Wildman–Crippen LogP) is 7.48. The lowest BCUT2D eigenvalue weighted by Crippen LogP contribution is -2.66. The summed E-state index contributed by atoms with van der Waals surface area (Å²) in [5.74, 6) is 1.71.